The van der Waals surface area contributed by atoms with Crippen molar-refractivity contribution in [1.82, 2.24) is 0 Å². The van der Waals surface area contributed by atoms with Crippen LogP contribution in [0, 0.1) is 0 Å². The Morgan fingerprint density at radius 3 is 2.69 bits per heavy atom. The fourth-order valence-electron chi connectivity index (χ4n) is 2.66. The van der Waals surface area contributed by atoms with E-state index < -0.39 is 5.76 Å². The second-order valence-electron chi connectivity index (χ2n) is 5.80. The highest BCUT2D eigenvalue weighted by Gasteiger charge is 2.18. The van der Waals surface area contributed by atoms with E-state index in [1.54, 1.807) is 48.5 Å². The molecule has 0 aromatic heterocycles. The van der Waals surface area contributed by atoms with Crippen molar-refractivity contribution < 1.29 is 23.0 Å². The molecule has 0 aliphatic carbocycles. The monoisotopic (exact) mass is 379 g/mol. The third-order valence-electron chi connectivity index (χ3n) is 3.92. The van der Waals surface area contributed by atoms with E-state index in [-0.39, 0.29) is 12.0 Å². The quantitative estimate of drug-likeness (QED) is 0.701. The van der Waals surface area contributed by atoms with Crippen molar-refractivity contribution in [3.8, 4) is 5.75 Å². The number of nitrogens with one attached hydrogen (secondary N) is 1. The third-order valence-corrected chi connectivity index (χ3v) is 4.64. The molecule has 1 fully saturated rings. The molecule has 0 saturated carbocycles. The van der Waals surface area contributed by atoms with Crippen LogP contribution in [0.25, 0.3) is 0 Å². The summed E-state index contributed by atoms with van der Waals surface area (Å²) in [5, 5.41) is 2.76. The normalized spacial score (nSPS) is 16.7. The zero-order chi connectivity index (χ0) is 18.4. The van der Waals surface area contributed by atoms with Gasteiger partial charge in [-0.3, -0.25) is 4.79 Å². The first-order valence-electron chi connectivity index (χ1n) is 8.31. The predicted octanol–water partition coefficient (Wildman–Crippen LogP) is 4.81. The maximum absolute atomic E-state index is 12.5. The molecule has 4 nitrogen and oxygen atoms in total. The maximum Gasteiger partial charge on any atom is 0.288 e. The Kier molecular flexibility index (Phi) is 6.46. The van der Waals surface area contributed by atoms with E-state index in [1.165, 1.54) is 0 Å². The van der Waals surface area contributed by atoms with Crippen LogP contribution in [-0.2, 0) is 4.74 Å². The van der Waals surface area contributed by atoms with Gasteiger partial charge in [0.1, 0.15) is 12.4 Å². The largest absolute Gasteiger partial charge is 0.490 e. The zero-order valence-corrected chi connectivity index (χ0v) is 14.8. The predicted molar refractivity (Wildman–Crippen MR) is 97.2 cm³/mol. The number of benzene rings is 2. The van der Waals surface area contributed by atoms with Crippen molar-refractivity contribution >= 4 is 23.4 Å². The van der Waals surface area contributed by atoms with Crippen molar-refractivity contribution in [2.45, 2.75) is 29.6 Å². The van der Waals surface area contributed by atoms with Crippen molar-refractivity contribution in [3.63, 3.8) is 0 Å². The van der Waals surface area contributed by atoms with Crippen molar-refractivity contribution in [2.24, 2.45) is 0 Å². The minimum Gasteiger partial charge on any atom is -0.490 e. The lowest BCUT2D eigenvalue weighted by Gasteiger charge is -2.14. The fourth-order valence-corrected chi connectivity index (χ4v) is 3.16. The highest BCUT2D eigenvalue weighted by Crippen LogP contribution is 2.27. The van der Waals surface area contributed by atoms with E-state index in [2.05, 4.69) is 5.32 Å². The summed E-state index contributed by atoms with van der Waals surface area (Å²) in [6.45, 7) is 1.15. The van der Waals surface area contributed by atoms with Gasteiger partial charge in [-0.25, -0.2) is 0 Å². The smallest absolute Gasteiger partial charge is 0.288 e. The number of carbonyl (C=O) groups is 1. The van der Waals surface area contributed by atoms with Crippen LogP contribution < -0.4 is 10.1 Å². The highest BCUT2D eigenvalue weighted by atomic mass is 32.2. The third kappa shape index (κ3) is 5.19. The molecule has 0 spiro atoms. The average Bonchev–Trinajstić information content (AvgIpc) is 3.15. The average molecular weight is 379 g/mol. The lowest BCUT2D eigenvalue weighted by Crippen LogP contribution is -2.19. The van der Waals surface area contributed by atoms with Gasteiger partial charge in [-0.05, 0) is 49.2 Å². The van der Waals surface area contributed by atoms with Crippen molar-refractivity contribution in [1.29, 1.82) is 0 Å². The molecule has 138 valence electrons. The van der Waals surface area contributed by atoms with Crippen LogP contribution in [0.3, 0.4) is 0 Å². The lowest BCUT2D eigenvalue weighted by atomic mass is 10.1. The lowest BCUT2D eigenvalue weighted by molar-refractivity contribution is 0.0673. The number of thioether (sulfide) groups is 1. The summed E-state index contributed by atoms with van der Waals surface area (Å²) in [4.78, 5) is 13.0. The van der Waals surface area contributed by atoms with Gasteiger partial charge in [0.2, 0.25) is 0 Å². The standard InChI is InChI=1S/C19H19F2NO3S/c20-19(21)26-15-9-7-13(8-10-15)22-18(23)16-5-1-2-6-17(16)25-12-14-4-3-11-24-14/h1-2,5-10,14,19H,3-4,11-12H2,(H,22,23)/t14-/m0/s1. The molecule has 1 aliphatic rings. The first-order chi connectivity index (χ1) is 12.6. The number of rotatable bonds is 7. The summed E-state index contributed by atoms with van der Waals surface area (Å²) >= 11 is 0.466. The first kappa shape index (κ1) is 18.7. The Balaban J connectivity index is 1.63. The molecule has 1 aliphatic heterocycles. The van der Waals surface area contributed by atoms with E-state index in [9.17, 15) is 13.6 Å². The molecule has 1 amide bonds. The Morgan fingerprint density at radius 1 is 1.23 bits per heavy atom. The number of carbonyl (C=O) groups excluding carboxylic acids is 1. The van der Waals surface area contributed by atoms with Crippen LogP contribution in [-0.4, -0.2) is 31.0 Å². The van der Waals surface area contributed by atoms with Crippen LogP contribution in [0.1, 0.15) is 23.2 Å². The van der Waals surface area contributed by atoms with E-state index in [1.807, 2.05) is 0 Å². The molecule has 2 aromatic carbocycles. The second kappa shape index (κ2) is 9.00. The second-order valence-corrected chi connectivity index (χ2v) is 6.86. The number of alkyl halides is 2. The van der Waals surface area contributed by atoms with Crippen LogP contribution in [0.5, 0.6) is 5.75 Å². The SMILES string of the molecule is O=C(Nc1ccc(SC(F)F)cc1)c1ccccc1OC[C@@H]1CCCO1. The van der Waals surface area contributed by atoms with Crippen LogP contribution in [0.4, 0.5) is 14.5 Å². The minimum atomic E-state index is -2.47. The van der Waals surface area contributed by atoms with Gasteiger partial charge in [0.05, 0.1) is 11.7 Å². The number of hydrogen-bond acceptors (Lipinski definition) is 4. The van der Waals surface area contributed by atoms with E-state index >= 15 is 0 Å². The van der Waals surface area contributed by atoms with E-state index in [0.717, 1.165) is 19.4 Å². The van der Waals surface area contributed by atoms with Gasteiger partial charge in [0.25, 0.3) is 11.7 Å². The summed E-state index contributed by atoms with van der Waals surface area (Å²) in [6, 6.07) is 13.3. The first-order valence-corrected chi connectivity index (χ1v) is 9.19. The summed E-state index contributed by atoms with van der Waals surface area (Å²) in [6.07, 6.45) is 2.04. The minimum absolute atomic E-state index is 0.0611. The summed E-state index contributed by atoms with van der Waals surface area (Å²) in [5.41, 5.74) is 0.944. The maximum atomic E-state index is 12.5. The number of halogens is 2. The summed E-state index contributed by atoms with van der Waals surface area (Å²) in [7, 11) is 0. The van der Waals surface area contributed by atoms with E-state index in [4.69, 9.17) is 9.47 Å². The number of hydrogen-bond donors (Lipinski definition) is 1. The van der Waals surface area contributed by atoms with Crippen LogP contribution in [0.2, 0.25) is 0 Å². The molecule has 1 N–H and O–H groups in total. The molecular formula is C19H19F2NO3S. The Labute approximate surface area is 154 Å². The molecule has 0 radical (unpaired) electrons. The molecule has 1 atom stereocenters. The molecule has 1 heterocycles. The van der Waals surface area contributed by atoms with Gasteiger partial charge in [-0.15, -0.1) is 0 Å². The zero-order valence-electron chi connectivity index (χ0n) is 14.0. The topological polar surface area (TPSA) is 47.6 Å². The van der Waals surface area contributed by atoms with Crippen molar-refractivity contribution in [2.75, 3.05) is 18.5 Å². The Morgan fingerprint density at radius 2 is 2.00 bits per heavy atom. The van der Waals surface area contributed by atoms with Gasteiger partial charge in [0.15, 0.2) is 0 Å². The van der Waals surface area contributed by atoms with E-state index in [0.29, 0.717) is 40.3 Å². The van der Waals surface area contributed by atoms with Crippen molar-refractivity contribution in [3.05, 3.63) is 54.1 Å². The Hall–Kier alpha value is -2.12. The molecule has 26 heavy (non-hydrogen) atoms. The molecule has 7 heteroatoms. The number of para-hydroxylation sites is 1. The number of ether oxygens (including phenoxy) is 2. The molecule has 1 saturated heterocycles. The fraction of sp³-hybridized carbons (Fsp3) is 0.316. The van der Waals surface area contributed by atoms with Gasteiger partial charge in [-0.2, -0.15) is 8.78 Å². The summed E-state index contributed by atoms with van der Waals surface area (Å²) in [5.74, 6) is -2.30. The van der Waals surface area contributed by atoms with Gasteiger partial charge in [0, 0.05) is 17.2 Å². The van der Waals surface area contributed by atoms with Crippen LogP contribution in [0.15, 0.2) is 53.4 Å². The molecular weight excluding hydrogens is 360 g/mol. The molecule has 0 bridgehead atoms. The molecule has 2 aromatic rings. The molecule has 3 rings (SSSR count). The summed E-state index contributed by atoms with van der Waals surface area (Å²) < 4.78 is 36.0. The van der Waals surface area contributed by atoms with Gasteiger partial charge in [-0.1, -0.05) is 23.9 Å². The van der Waals surface area contributed by atoms with Gasteiger partial charge < -0.3 is 14.8 Å². The Bertz CT molecular complexity index is 734. The number of amides is 1. The molecule has 0 unspecified atom stereocenters. The number of anilines is 1. The van der Waals surface area contributed by atoms with Gasteiger partial charge >= 0.3 is 0 Å². The van der Waals surface area contributed by atoms with Crippen LogP contribution >= 0.6 is 11.8 Å². The highest BCUT2D eigenvalue weighted by molar-refractivity contribution is 7.99.